The van der Waals surface area contributed by atoms with Crippen LogP contribution in [0.15, 0.2) is 0 Å². The topological polar surface area (TPSA) is 68.0 Å². The molecular formula is C13H22ClN3OS. The van der Waals surface area contributed by atoms with Crippen LogP contribution >= 0.6 is 23.7 Å². The molecule has 0 saturated heterocycles. The molecule has 1 aliphatic rings. The molecule has 0 bridgehead atoms. The van der Waals surface area contributed by atoms with E-state index in [1.165, 1.54) is 11.3 Å². The fraction of sp³-hybridized carbons (Fsp3) is 0.692. The first-order valence-electron chi connectivity index (χ1n) is 6.44. The van der Waals surface area contributed by atoms with Gasteiger partial charge in [0.1, 0.15) is 5.00 Å². The van der Waals surface area contributed by atoms with Gasteiger partial charge in [-0.05, 0) is 33.6 Å². The van der Waals surface area contributed by atoms with Gasteiger partial charge in [0.15, 0.2) is 0 Å². The zero-order valence-corrected chi connectivity index (χ0v) is 13.3. The smallest absolute Gasteiger partial charge is 0.229 e. The van der Waals surface area contributed by atoms with Gasteiger partial charge in [0.25, 0.3) is 0 Å². The molecule has 0 radical (unpaired) electrons. The van der Waals surface area contributed by atoms with Crippen molar-refractivity contribution in [2.45, 2.75) is 52.0 Å². The fourth-order valence-corrected chi connectivity index (χ4v) is 3.46. The molecule has 0 spiro atoms. The SMILES string of the molecule is Cc1nc(C)c(NC(=O)C2CCCCC2(C)N)s1.Cl. The lowest BCUT2D eigenvalue weighted by Crippen LogP contribution is -2.51. The number of anilines is 1. The Morgan fingerprint density at radius 3 is 2.68 bits per heavy atom. The molecule has 19 heavy (non-hydrogen) atoms. The third kappa shape index (κ3) is 3.68. The van der Waals surface area contributed by atoms with Crippen molar-refractivity contribution >= 4 is 34.7 Å². The van der Waals surface area contributed by atoms with Crippen LogP contribution in [0.3, 0.4) is 0 Å². The van der Waals surface area contributed by atoms with Gasteiger partial charge in [-0.15, -0.1) is 23.7 Å². The molecule has 6 heteroatoms. The maximum absolute atomic E-state index is 12.3. The molecule has 1 aromatic rings. The summed E-state index contributed by atoms with van der Waals surface area (Å²) in [5.41, 5.74) is 6.76. The Labute approximate surface area is 124 Å². The van der Waals surface area contributed by atoms with Crippen LogP contribution in [0.1, 0.15) is 43.3 Å². The molecule has 1 saturated carbocycles. The summed E-state index contributed by atoms with van der Waals surface area (Å²) in [6.07, 6.45) is 4.02. The Bertz CT molecular complexity index is 459. The minimum Gasteiger partial charge on any atom is -0.325 e. The molecule has 2 rings (SSSR count). The second-order valence-corrected chi connectivity index (χ2v) is 6.64. The van der Waals surface area contributed by atoms with Crippen molar-refractivity contribution in [3.63, 3.8) is 0 Å². The zero-order chi connectivity index (χ0) is 13.3. The lowest BCUT2D eigenvalue weighted by atomic mass is 9.74. The van der Waals surface area contributed by atoms with Crippen LogP contribution in [-0.2, 0) is 4.79 Å². The second kappa shape index (κ2) is 6.20. The minimum absolute atomic E-state index is 0. The van der Waals surface area contributed by atoms with Crippen LogP contribution in [0, 0.1) is 19.8 Å². The van der Waals surface area contributed by atoms with Gasteiger partial charge in [-0.25, -0.2) is 4.98 Å². The van der Waals surface area contributed by atoms with E-state index >= 15 is 0 Å². The molecule has 2 atom stereocenters. The molecule has 3 N–H and O–H groups in total. The molecule has 1 heterocycles. The van der Waals surface area contributed by atoms with Crippen LogP contribution in [0.5, 0.6) is 0 Å². The highest BCUT2D eigenvalue weighted by atomic mass is 35.5. The quantitative estimate of drug-likeness (QED) is 0.882. The molecule has 0 aromatic carbocycles. The second-order valence-electron chi connectivity index (χ2n) is 5.44. The number of amides is 1. The van der Waals surface area contributed by atoms with Gasteiger partial charge in [0.05, 0.1) is 16.6 Å². The van der Waals surface area contributed by atoms with Gasteiger partial charge in [0.2, 0.25) is 5.91 Å². The number of rotatable bonds is 2. The highest BCUT2D eigenvalue weighted by Crippen LogP contribution is 2.33. The van der Waals surface area contributed by atoms with Crippen molar-refractivity contribution in [3.8, 4) is 0 Å². The third-order valence-corrected chi connectivity index (χ3v) is 4.70. The van der Waals surface area contributed by atoms with Crippen LogP contribution in [0.2, 0.25) is 0 Å². The van der Waals surface area contributed by atoms with Crippen molar-refractivity contribution < 1.29 is 4.79 Å². The maximum Gasteiger partial charge on any atom is 0.229 e. The molecule has 1 amide bonds. The lowest BCUT2D eigenvalue weighted by Gasteiger charge is -2.37. The maximum atomic E-state index is 12.3. The molecule has 1 aromatic heterocycles. The minimum atomic E-state index is -0.379. The average Bonchev–Trinajstić information content (AvgIpc) is 2.56. The summed E-state index contributed by atoms with van der Waals surface area (Å²) in [6, 6.07) is 0. The first-order valence-corrected chi connectivity index (χ1v) is 7.25. The van der Waals surface area contributed by atoms with Gasteiger partial charge >= 0.3 is 0 Å². The van der Waals surface area contributed by atoms with Crippen molar-refractivity contribution in [2.24, 2.45) is 11.7 Å². The first-order chi connectivity index (χ1) is 8.40. The van der Waals surface area contributed by atoms with E-state index in [9.17, 15) is 4.79 Å². The molecule has 0 aliphatic heterocycles. The number of nitrogens with zero attached hydrogens (tertiary/aromatic N) is 1. The van der Waals surface area contributed by atoms with Gasteiger partial charge in [-0.3, -0.25) is 4.79 Å². The largest absolute Gasteiger partial charge is 0.325 e. The highest BCUT2D eigenvalue weighted by molar-refractivity contribution is 7.16. The predicted molar refractivity (Wildman–Crippen MR) is 82.0 cm³/mol. The average molecular weight is 304 g/mol. The highest BCUT2D eigenvalue weighted by Gasteiger charge is 2.38. The summed E-state index contributed by atoms with van der Waals surface area (Å²) < 4.78 is 0. The van der Waals surface area contributed by atoms with Crippen molar-refractivity contribution in [2.75, 3.05) is 5.32 Å². The van der Waals surface area contributed by atoms with Crippen LogP contribution in [0.4, 0.5) is 5.00 Å². The van der Waals surface area contributed by atoms with E-state index in [2.05, 4.69) is 10.3 Å². The summed E-state index contributed by atoms with van der Waals surface area (Å²) in [6.45, 7) is 5.85. The number of carbonyl (C=O) groups excluding carboxylic acids is 1. The monoisotopic (exact) mass is 303 g/mol. The van der Waals surface area contributed by atoms with E-state index in [4.69, 9.17) is 5.73 Å². The van der Waals surface area contributed by atoms with E-state index in [1.54, 1.807) is 0 Å². The Morgan fingerprint density at radius 1 is 1.47 bits per heavy atom. The van der Waals surface area contributed by atoms with E-state index in [-0.39, 0.29) is 29.8 Å². The fourth-order valence-electron chi connectivity index (χ4n) is 2.64. The normalized spacial score (nSPS) is 26.6. The van der Waals surface area contributed by atoms with Gasteiger partial charge in [0, 0.05) is 5.54 Å². The number of hydrogen-bond donors (Lipinski definition) is 2. The van der Waals surface area contributed by atoms with Crippen molar-refractivity contribution in [3.05, 3.63) is 10.7 Å². The molecule has 4 nitrogen and oxygen atoms in total. The number of hydrogen-bond acceptors (Lipinski definition) is 4. The van der Waals surface area contributed by atoms with Gasteiger partial charge in [-0.2, -0.15) is 0 Å². The number of nitrogens with one attached hydrogen (secondary N) is 1. The Morgan fingerprint density at radius 2 is 2.16 bits per heavy atom. The van der Waals surface area contributed by atoms with E-state index in [1.807, 2.05) is 20.8 Å². The van der Waals surface area contributed by atoms with Gasteiger partial charge in [-0.1, -0.05) is 12.8 Å². The number of aryl methyl sites for hydroxylation is 2. The number of thiazole rings is 1. The van der Waals surface area contributed by atoms with Crippen LogP contribution < -0.4 is 11.1 Å². The summed E-state index contributed by atoms with van der Waals surface area (Å²) >= 11 is 1.52. The number of nitrogens with two attached hydrogens (primary N) is 1. The standard InChI is InChI=1S/C13H21N3OS.ClH/c1-8-12(18-9(2)15-8)16-11(17)10-6-4-5-7-13(10,3)14;/h10H,4-7,14H2,1-3H3,(H,16,17);1H. The summed E-state index contributed by atoms with van der Waals surface area (Å²) in [5.74, 6) is -0.0421. The summed E-state index contributed by atoms with van der Waals surface area (Å²) in [7, 11) is 0. The summed E-state index contributed by atoms with van der Waals surface area (Å²) in [5, 5.41) is 4.83. The Kier molecular flexibility index (Phi) is 5.35. The van der Waals surface area contributed by atoms with E-state index < -0.39 is 0 Å². The summed E-state index contributed by atoms with van der Waals surface area (Å²) in [4.78, 5) is 16.7. The van der Waals surface area contributed by atoms with Gasteiger partial charge < -0.3 is 11.1 Å². The number of carbonyl (C=O) groups is 1. The molecule has 1 aliphatic carbocycles. The van der Waals surface area contributed by atoms with Crippen LogP contribution in [-0.4, -0.2) is 16.4 Å². The Balaban J connectivity index is 0.00000180. The third-order valence-electron chi connectivity index (χ3n) is 3.71. The molecule has 1 fully saturated rings. The molecular weight excluding hydrogens is 282 g/mol. The van der Waals surface area contributed by atoms with Crippen molar-refractivity contribution in [1.29, 1.82) is 0 Å². The Hall–Kier alpha value is -0.650. The first kappa shape index (κ1) is 16.4. The zero-order valence-electron chi connectivity index (χ0n) is 11.7. The van der Waals surface area contributed by atoms with E-state index in [0.717, 1.165) is 41.4 Å². The predicted octanol–water partition coefficient (Wildman–Crippen LogP) is 3.03. The van der Waals surface area contributed by atoms with Crippen molar-refractivity contribution in [1.82, 2.24) is 4.98 Å². The van der Waals surface area contributed by atoms with Crippen LogP contribution in [0.25, 0.3) is 0 Å². The lowest BCUT2D eigenvalue weighted by molar-refractivity contribution is -0.122. The number of halogens is 1. The molecule has 2 unspecified atom stereocenters. The number of aromatic nitrogens is 1. The van der Waals surface area contributed by atoms with E-state index in [0.29, 0.717) is 0 Å². The molecule has 108 valence electrons.